The largest absolute Gasteiger partial charge is 0.461 e. The Morgan fingerprint density at radius 1 is 1.48 bits per heavy atom. The summed E-state index contributed by atoms with van der Waals surface area (Å²) in [6.07, 6.45) is -0.0717. The lowest BCUT2D eigenvalue weighted by Gasteiger charge is -2.10. The fourth-order valence-electron chi connectivity index (χ4n) is 1.82. The van der Waals surface area contributed by atoms with Crippen molar-refractivity contribution >= 4 is 29.2 Å². The minimum absolute atomic E-state index is 0.230. The fourth-order valence-corrected chi connectivity index (χ4v) is 2.04. The molecule has 0 unspecified atom stereocenters. The van der Waals surface area contributed by atoms with E-state index in [-0.39, 0.29) is 30.9 Å². The van der Waals surface area contributed by atoms with E-state index in [0.717, 1.165) is 0 Å². The van der Waals surface area contributed by atoms with Crippen LogP contribution in [0.15, 0.2) is 29.4 Å². The number of rotatable bonds is 5. The van der Waals surface area contributed by atoms with E-state index in [1.165, 1.54) is 0 Å². The summed E-state index contributed by atoms with van der Waals surface area (Å²) >= 11 is 5.94. The number of nitrogens with one attached hydrogen (secondary N) is 1. The summed E-state index contributed by atoms with van der Waals surface area (Å²) in [7, 11) is 0. The van der Waals surface area contributed by atoms with Gasteiger partial charge in [-0.05, 0) is 19.1 Å². The number of hydrogen-bond donors (Lipinski definition) is 1. The maximum atomic E-state index is 12.0. The van der Waals surface area contributed by atoms with Gasteiger partial charge in [-0.2, -0.15) is 0 Å². The molecule has 0 spiro atoms. The van der Waals surface area contributed by atoms with E-state index in [4.69, 9.17) is 21.2 Å². The zero-order valence-corrected chi connectivity index (χ0v) is 12.2. The van der Waals surface area contributed by atoms with Crippen LogP contribution >= 0.6 is 11.6 Å². The molecule has 1 aliphatic rings. The minimum Gasteiger partial charge on any atom is -0.461 e. The van der Waals surface area contributed by atoms with E-state index in [1.54, 1.807) is 31.2 Å². The number of esters is 1. The molecule has 0 bridgehead atoms. The molecule has 1 aliphatic heterocycles. The Labute approximate surface area is 127 Å². The Hall–Kier alpha value is -2.08. The second-order valence-corrected chi connectivity index (χ2v) is 4.79. The van der Waals surface area contributed by atoms with Gasteiger partial charge in [0.25, 0.3) is 5.91 Å². The molecular weight excluding hydrogens is 296 g/mol. The maximum absolute atomic E-state index is 12.0. The zero-order chi connectivity index (χ0) is 15.2. The summed E-state index contributed by atoms with van der Waals surface area (Å²) in [6.45, 7) is 2.23. The Morgan fingerprint density at radius 3 is 2.95 bits per heavy atom. The summed E-state index contributed by atoms with van der Waals surface area (Å²) in [5.74, 6) is -0.786. The molecule has 1 amide bonds. The molecular formula is C14H15ClN2O4. The second-order valence-electron chi connectivity index (χ2n) is 4.38. The van der Waals surface area contributed by atoms with E-state index < -0.39 is 5.97 Å². The number of nitrogens with zero attached hydrogens (tertiary/aromatic N) is 1. The van der Waals surface area contributed by atoms with Crippen molar-refractivity contribution in [3.8, 4) is 0 Å². The Balaban J connectivity index is 1.82. The fraction of sp³-hybridized carbons (Fsp3) is 0.357. The van der Waals surface area contributed by atoms with Gasteiger partial charge >= 0.3 is 5.97 Å². The van der Waals surface area contributed by atoms with Gasteiger partial charge in [0.15, 0.2) is 11.8 Å². The molecule has 2 rings (SSSR count). The molecule has 0 aromatic heterocycles. The first kappa shape index (κ1) is 15.3. The van der Waals surface area contributed by atoms with Crippen molar-refractivity contribution in [2.75, 3.05) is 13.2 Å². The van der Waals surface area contributed by atoms with Gasteiger partial charge in [0.05, 0.1) is 23.7 Å². The normalized spacial score (nSPS) is 16.9. The number of ether oxygens (including phenoxy) is 1. The molecule has 1 heterocycles. The molecule has 0 aliphatic carbocycles. The van der Waals surface area contributed by atoms with Crippen LogP contribution in [0.2, 0.25) is 5.02 Å². The predicted molar refractivity (Wildman–Crippen MR) is 77.3 cm³/mol. The van der Waals surface area contributed by atoms with Crippen molar-refractivity contribution in [1.82, 2.24) is 5.32 Å². The average Bonchev–Trinajstić information content (AvgIpc) is 2.94. The molecule has 1 N–H and O–H groups in total. The van der Waals surface area contributed by atoms with Crippen LogP contribution in [-0.4, -0.2) is 36.8 Å². The smallest absolute Gasteiger partial charge is 0.356 e. The summed E-state index contributed by atoms with van der Waals surface area (Å²) < 4.78 is 4.83. The van der Waals surface area contributed by atoms with Gasteiger partial charge in [-0.3, -0.25) is 4.79 Å². The predicted octanol–water partition coefficient (Wildman–Crippen LogP) is 1.78. The summed E-state index contributed by atoms with van der Waals surface area (Å²) in [6, 6.07) is 6.76. The monoisotopic (exact) mass is 310 g/mol. The van der Waals surface area contributed by atoms with Gasteiger partial charge in [0.2, 0.25) is 0 Å². The highest BCUT2D eigenvalue weighted by molar-refractivity contribution is 6.36. The van der Waals surface area contributed by atoms with Gasteiger partial charge < -0.3 is 14.9 Å². The molecule has 0 saturated heterocycles. The van der Waals surface area contributed by atoms with Gasteiger partial charge in [0, 0.05) is 6.42 Å². The van der Waals surface area contributed by atoms with Crippen LogP contribution in [-0.2, 0) is 14.4 Å². The van der Waals surface area contributed by atoms with Crippen molar-refractivity contribution in [1.29, 1.82) is 0 Å². The number of carbonyl (C=O) groups excluding carboxylic acids is 2. The van der Waals surface area contributed by atoms with Crippen LogP contribution in [0.1, 0.15) is 23.7 Å². The van der Waals surface area contributed by atoms with Gasteiger partial charge in [0.1, 0.15) is 0 Å². The van der Waals surface area contributed by atoms with Crippen molar-refractivity contribution in [3.63, 3.8) is 0 Å². The number of hydrogen-bond acceptors (Lipinski definition) is 5. The summed E-state index contributed by atoms with van der Waals surface area (Å²) in [5.41, 5.74) is 0.623. The Morgan fingerprint density at radius 2 is 2.24 bits per heavy atom. The molecule has 6 nitrogen and oxygen atoms in total. The van der Waals surface area contributed by atoms with Crippen LogP contribution in [0.5, 0.6) is 0 Å². The van der Waals surface area contributed by atoms with Crippen molar-refractivity contribution in [3.05, 3.63) is 34.9 Å². The number of carbonyl (C=O) groups is 2. The molecule has 112 valence electrons. The first-order valence-electron chi connectivity index (χ1n) is 6.54. The molecule has 21 heavy (non-hydrogen) atoms. The van der Waals surface area contributed by atoms with E-state index in [2.05, 4.69) is 10.5 Å². The molecule has 1 atom stereocenters. The van der Waals surface area contributed by atoms with Gasteiger partial charge in [-0.25, -0.2) is 4.79 Å². The highest BCUT2D eigenvalue weighted by Gasteiger charge is 2.27. The minimum atomic E-state index is -0.488. The third-order valence-electron chi connectivity index (χ3n) is 2.85. The topological polar surface area (TPSA) is 77.0 Å². The van der Waals surface area contributed by atoms with Crippen LogP contribution < -0.4 is 5.32 Å². The zero-order valence-electron chi connectivity index (χ0n) is 11.5. The molecule has 7 heteroatoms. The maximum Gasteiger partial charge on any atom is 0.356 e. The number of amides is 1. The lowest BCUT2D eigenvalue weighted by molar-refractivity contribution is -0.135. The van der Waals surface area contributed by atoms with Gasteiger partial charge in [-0.1, -0.05) is 28.9 Å². The number of benzene rings is 1. The molecule has 0 fully saturated rings. The van der Waals surface area contributed by atoms with Crippen molar-refractivity contribution in [2.24, 2.45) is 5.16 Å². The third kappa shape index (κ3) is 3.95. The average molecular weight is 311 g/mol. The van der Waals surface area contributed by atoms with Crippen LogP contribution in [0.4, 0.5) is 0 Å². The van der Waals surface area contributed by atoms with E-state index in [9.17, 15) is 9.59 Å². The molecule has 0 radical (unpaired) electrons. The van der Waals surface area contributed by atoms with Gasteiger partial charge in [-0.15, -0.1) is 0 Å². The van der Waals surface area contributed by atoms with E-state index >= 15 is 0 Å². The van der Waals surface area contributed by atoms with E-state index in [0.29, 0.717) is 17.0 Å². The highest BCUT2D eigenvalue weighted by atomic mass is 35.5. The Kier molecular flexibility index (Phi) is 5.16. The highest BCUT2D eigenvalue weighted by Crippen LogP contribution is 2.15. The Bertz CT molecular complexity index is 574. The molecule has 1 aromatic carbocycles. The lowest BCUT2D eigenvalue weighted by atomic mass is 10.1. The third-order valence-corrected chi connectivity index (χ3v) is 3.18. The first-order valence-corrected chi connectivity index (χ1v) is 6.92. The standard InChI is InChI=1S/C14H15ClN2O4/c1-2-20-14(19)12-7-9(21-17-12)8-16-13(18)10-5-3-4-6-11(10)15/h3-6,9H,2,7-8H2,1H3,(H,16,18)/t9-/m0/s1. The second kappa shape index (κ2) is 7.08. The quantitative estimate of drug-likeness (QED) is 0.841. The summed E-state index contributed by atoms with van der Waals surface area (Å²) in [4.78, 5) is 28.5. The van der Waals surface area contributed by atoms with Crippen LogP contribution in [0.3, 0.4) is 0 Å². The number of oxime groups is 1. The number of halogens is 1. The summed E-state index contributed by atoms with van der Waals surface area (Å²) in [5, 5.41) is 6.75. The van der Waals surface area contributed by atoms with Crippen molar-refractivity contribution < 1.29 is 19.2 Å². The SMILES string of the molecule is CCOC(=O)C1=NO[C@H](CNC(=O)c2ccccc2Cl)C1. The van der Waals surface area contributed by atoms with Crippen LogP contribution in [0, 0.1) is 0 Å². The lowest BCUT2D eigenvalue weighted by Crippen LogP contribution is -2.33. The molecule has 0 saturated carbocycles. The van der Waals surface area contributed by atoms with Crippen molar-refractivity contribution in [2.45, 2.75) is 19.4 Å². The van der Waals surface area contributed by atoms with Crippen LogP contribution in [0.25, 0.3) is 0 Å². The van der Waals surface area contributed by atoms with E-state index in [1.807, 2.05) is 0 Å². The molecule has 1 aromatic rings. The first-order chi connectivity index (χ1) is 10.1.